The lowest BCUT2D eigenvalue weighted by Gasteiger charge is -2.01. The molecule has 0 saturated heterocycles. The second kappa shape index (κ2) is 4.52. The van der Waals surface area contributed by atoms with Gasteiger partial charge in [-0.1, -0.05) is 5.16 Å². The Hall–Kier alpha value is -2.24. The first-order valence-electron chi connectivity index (χ1n) is 4.61. The fraction of sp³-hybridized carbons (Fsp3) is 0.200. The molecule has 2 heterocycles. The van der Waals surface area contributed by atoms with Crippen LogP contribution in [0.2, 0.25) is 0 Å². The summed E-state index contributed by atoms with van der Waals surface area (Å²) in [4.78, 5) is 18.2. The maximum absolute atomic E-state index is 10.4. The zero-order chi connectivity index (χ0) is 11.4. The van der Waals surface area contributed by atoms with Crippen molar-refractivity contribution >= 4 is 6.29 Å². The Morgan fingerprint density at radius 2 is 2.38 bits per heavy atom. The molecule has 0 N–H and O–H groups in total. The largest absolute Gasteiger partial charge is 0.484 e. The van der Waals surface area contributed by atoms with E-state index in [2.05, 4.69) is 15.1 Å². The lowest BCUT2D eigenvalue weighted by molar-refractivity contribution is 0.111. The predicted octanol–water partition coefficient (Wildman–Crippen LogP) is 1.16. The minimum atomic E-state index is 0.208. The van der Waals surface area contributed by atoms with E-state index in [0.717, 1.165) is 0 Å². The van der Waals surface area contributed by atoms with Crippen molar-refractivity contribution in [2.45, 2.75) is 13.5 Å². The first-order chi connectivity index (χ1) is 7.78. The van der Waals surface area contributed by atoms with Crippen LogP contribution in [0.15, 0.2) is 22.9 Å². The third kappa shape index (κ3) is 2.41. The van der Waals surface area contributed by atoms with E-state index in [1.165, 1.54) is 6.20 Å². The van der Waals surface area contributed by atoms with Crippen LogP contribution in [0.25, 0.3) is 0 Å². The van der Waals surface area contributed by atoms with Crippen LogP contribution < -0.4 is 4.74 Å². The molecule has 0 amide bonds. The Labute approximate surface area is 91.3 Å². The molecule has 0 saturated carbocycles. The van der Waals surface area contributed by atoms with Crippen LogP contribution in [0.5, 0.6) is 5.75 Å². The summed E-state index contributed by atoms with van der Waals surface area (Å²) < 4.78 is 10.1. The second-order valence-corrected chi connectivity index (χ2v) is 3.05. The topological polar surface area (TPSA) is 78.1 Å². The Morgan fingerprint density at radius 1 is 1.50 bits per heavy atom. The molecule has 0 radical (unpaired) electrons. The summed E-state index contributed by atoms with van der Waals surface area (Å²) in [5, 5.41) is 3.68. The Balaban J connectivity index is 1.96. The number of aryl methyl sites for hydroxylation is 1. The van der Waals surface area contributed by atoms with Crippen LogP contribution in [0.1, 0.15) is 22.2 Å². The quantitative estimate of drug-likeness (QED) is 0.718. The van der Waals surface area contributed by atoms with Crippen LogP contribution in [-0.4, -0.2) is 21.4 Å². The molecular weight excluding hydrogens is 210 g/mol. The number of aldehydes is 1. The Morgan fingerprint density at radius 3 is 2.94 bits per heavy atom. The van der Waals surface area contributed by atoms with Crippen molar-refractivity contribution in [3.63, 3.8) is 0 Å². The molecule has 0 bridgehead atoms. The van der Waals surface area contributed by atoms with Crippen molar-refractivity contribution in [2.24, 2.45) is 0 Å². The highest BCUT2D eigenvalue weighted by Crippen LogP contribution is 2.10. The van der Waals surface area contributed by atoms with Crippen molar-refractivity contribution in [3.8, 4) is 5.75 Å². The number of carbonyl (C=O) groups excluding carboxylic acids is 1. The normalized spacial score (nSPS) is 10.1. The summed E-state index contributed by atoms with van der Waals surface area (Å²) in [6.07, 6.45) is 2.14. The zero-order valence-electron chi connectivity index (χ0n) is 8.58. The molecule has 6 heteroatoms. The Kier molecular flexibility index (Phi) is 2.90. The summed E-state index contributed by atoms with van der Waals surface area (Å²) in [6, 6.07) is 3.23. The number of pyridine rings is 1. The van der Waals surface area contributed by atoms with Crippen LogP contribution in [0.3, 0.4) is 0 Å². The molecule has 6 nitrogen and oxygen atoms in total. The highest BCUT2D eigenvalue weighted by molar-refractivity contribution is 5.71. The molecule has 82 valence electrons. The van der Waals surface area contributed by atoms with E-state index in [9.17, 15) is 4.79 Å². The highest BCUT2D eigenvalue weighted by atomic mass is 16.5. The molecular formula is C10H9N3O3. The minimum absolute atomic E-state index is 0.208. The molecule has 2 aromatic rings. The number of aromatic nitrogens is 3. The average molecular weight is 219 g/mol. The molecule has 0 aliphatic heterocycles. The number of hydrogen-bond acceptors (Lipinski definition) is 6. The van der Waals surface area contributed by atoms with Crippen LogP contribution >= 0.6 is 0 Å². The Bertz CT molecular complexity index is 478. The van der Waals surface area contributed by atoms with Gasteiger partial charge in [-0.2, -0.15) is 4.98 Å². The van der Waals surface area contributed by atoms with Crippen molar-refractivity contribution < 1.29 is 14.1 Å². The van der Waals surface area contributed by atoms with Crippen LogP contribution in [0, 0.1) is 6.92 Å². The van der Waals surface area contributed by atoms with Crippen LogP contribution in [-0.2, 0) is 6.61 Å². The summed E-state index contributed by atoms with van der Waals surface area (Å²) in [7, 11) is 0. The van der Waals surface area contributed by atoms with Crippen molar-refractivity contribution in [1.82, 2.24) is 15.1 Å². The zero-order valence-corrected chi connectivity index (χ0v) is 8.58. The van der Waals surface area contributed by atoms with Gasteiger partial charge in [-0.05, 0) is 12.1 Å². The fourth-order valence-corrected chi connectivity index (χ4v) is 1.09. The van der Waals surface area contributed by atoms with Gasteiger partial charge in [0.05, 0.1) is 6.20 Å². The van der Waals surface area contributed by atoms with Gasteiger partial charge < -0.3 is 9.26 Å². The standard InChI is InChI=1S/C10H9N3O3/c1-7-12-10(13-16-7)6-15-9-3-2-8(5-14)11-4-9/h2-5H,6H2,1H3. The van der Waals surface area contributed by atoms with Gasteiger partial charge in [-0.15, -0.1) is 0 Å². The molecule has 0 aromatic carbocycles. The first kappa shape index (κ1) is 10.3. The summed E-state index contributed by atoms with van der Waals surface area (Å²) >= 11 is 0. The SMILES string of the molecule is Cc1nc(COc2ccc(C=O)nc2)no1. The van der Waals surface area contributed by atoms with Crippen LogP contribution in [0.4, 0.5) is 0 Å². The summed E-state index contributed by atoms with van der Waals surface area (Å²) in [5.74, 6) is 1.51. The number of hydrogen-bond donors (Lipinski definition) is 0. The van der Waals surface area contributed by atoms with Gasteiger partial charge in [0.15, 0.2) is 12.9 Å². The lowest BCUT2D eigenvalue weighted by Crippen LogP contribution is -1.98. The number of carbonyl (C=O) groups is 1. The van der Waals surface area contributed by atoms with Crippen molar-refractivity contribution in [2.75, 3.05) is 0 Å². The van der Waals surface area contributed by atoms with E-state index in [-0.39, 0.29) is 6.61 Å². The number of nitrogens with zero attached hydrogens (tertiary/aromatic N) is 3. The molecule has 0 aliphatic rings. The third-order valence-electron chi connectivity index (χ3n) is 1.82. The molecule has 2 aromatic heterocycles. The monoisotopic (exact) mass is 219 g/mol. The predicted molar refractivity (Wildman–Crippen MR) is 53.0 cm³/mol. The third-order valence-corrected chi connectivity index (χ3v) is 1.82. The van der Waals surface area contributed by atoms with Crippen molar-refractivity contribution in [1.29, 1.82) is 0 Å². The average Bonchev–Trinajstić information content (AvgIpc) is 2.73. The van der Waals surface area contributed by atoms with Gasteiger partial charge in [-0.25, -0.2) is 4.98 Å². The molecule has 16 heavy (non-hydrogen) atoms. The maximum Gasteiger partial charge on any atom is 0.223 e. The van der Waals surface area contributed by atoms with Gasteiger partial charge in [0, 0.05) is 6.92 Å². The van der Waals surface area contributed by atoms with E-state index in [1.807, 2.05) is 0 Å². The highest BCUT2D eigenvalue weighted by Gasteiger charge is 2.03. The fourth-order valence-electron chi connectivity index (χ4n) is 1.09. The molecule has 2 rings (SSSR count). The maximum atomic E-state index is 10.4. The van der Waals surface area contributed by atoms with Gasteiger partial charge in [0.1, 0.15) is 11.4 Å². The minimum Gasteiger partial charge on any atom is -0.484 e. The summed E-state index contributed by atoms with van der Waals surface area (Å²) in [6.45, 7) is 1.91. The summed E-state index contributed by atoms with van der Waals surface area (Å²) in [5.41, 5.74) is 0.364. The smallest absolute Gasteiger partial charge is 0.223 e. The molecule has 0 aliphatic carbocycles. The van der Waals surface area contributed by atoms with E-state index < -0.39 is 0 Å². The molecule has 0 atom stereocenters. The van der Waals surface area contributed by atoms with Gasteiger partial charge >= 0.3 is 0 Å². The van der Waals surface area contributed by atoms with E-state index in [1.54, 1.807) is 19.1 Å². The van der Waals surface area contributed by atoms with E-state index in [0.29, 0.717) is 29.4 Å². The lowest BCUT2D eigenvalue weighted by atomic mass is 10.4. The van der Waals surface area contributed by atoms with Gasteiger partial charge in [-0.3, -0.25) is 4.79 Å². The first-order valence-corrected chi connectivity index (χ1v) is 4.61. The van der Waals surface area contributed by atoms with E-state index in [4.69, 9.17) is 9.26 Å². The van der Waals surface area contributed by atoms with Gasteiger partial charge in [0.2, 0.25) is 11.7 Å². The molecule has 0 unspecified atom stereocenters. The second-order valence-electron chi connectivity index (χ2n) is 3.05. The van der Waals surface area contributed by atoms with Gasteiger partial charge in [0.25, 0.3) is 0 Å². The molecule has 0 spiro atoms. The molecule has 0 fully saturated rings. The number of ether oxygens (including phenoxy) is 1. The number of rotatable bonds is 4. The van der Waals surface area contributed by atoms with Crippen molar-refractivity contribution in [3.05, 3.63) is 35.7 Å². The van der Waals surface area contributed by atoms with E-state index >= 15 is 0 Å².